The number of carbonyl (C=O) groups is 2. The highest BCUT2D eigenvalue weighted by molar-refractivity contribution is 6.32. The third-order valence-corrected chi connectivity index (χ3v) is 7.72. The number of anilines is 2. The quantitative estimate of drug-likeness (QED) is 0.239. The van der Waals surface area contributed by atoms with E-state index >= 15 is 0 Å². The van der Waals surface area contributed by atoms with Crippen LogP contribution in [0.15, 0.2) is 109 Å². The smallest absolute Gasteiger partial charge is 0.262 e. The van der Waals surface area contributed by atoms with Crippen molar-refractivity contribution >= 4 is 45.9 Å². The monoisotopic (exact) mass is 579 g/mol. The molecule has 7 rings (SSSR count). The van der Waals surface area contributed by atoms with Gasteiger partial charge in [0.1, 0.15) is 12.2 Å². The predicted molar refractivity (Wildman–Crippen MR) is 172 cm³/mol. The van der Waals surface area contributed by atoms with Crippen molar-refractivity contribution in [3.05, 3.63) is 121 Å². The maximum atomic E-state index is 14.7. The fourth-order valence-corrected chi connectivity index (χ4v) is 5.76. The van der Waals surface area contributed by atoms with Crippen LogP contribution in [0.5, 0.6) is 0 Å². The summed E-state index contributed by atoms with van der Waals surface area (Å²) in [5.74, 6) is 0.421. The Morgan fingerprint density at radius 1 is 0.864 bits per heavy atom. The lowest BCUT2D eigenvalue weighted by molar-refractivity contribution is -0.120. The minimum atomic E-state index is -0.355. The normalized spacial score (nSPS) is 13.7. The molecule has 1 N–H and O–H groups in total. The lowest BCUT2D eigenvalue weighted by atomic mass is 10.1. The number of fused-ring (bicyclic) bond motifs is 4. The number of carbonyl (C=O) groups excluding carboxylic acids is 2. The van der Waals surface area contributed by atoms with E-state index in [4.69, 9.17) is 0 Å². The van der Waals surface area contributed by atoms with Crippen molar-refractivity contribution in [3.63, 3.8) is 0 Å². The second-order valence-corrected chi connectivity index (χ2v) is 10.8. The third kappa shape index (κ3) is 4.64. The Morgan fingerprint density at radius 3 is 2.30 bits per heavy atom. The first kappa shape index (κ1) is 27.0. The van der Waals surface area contributed by atoms with Crippen molar-refractivity contribution in [2.75, 3.05) is 16.3 Å². The van der Waals surface area contributed by atoms with E-state index in [1.165, 1.54) is 0 Å². The Kier molecular flexibility index (Phi) is 6.82. The zero-order valence-electron chi connectivity index (χ0n) is 24.3. The molecule has 0 spiro atoms. The fraction of sp³-hybridized carbons (Fsp3) is 0.114. The number of hydrogen-bond donors (Lipinski definition) is 1. The zero-order valence-corrected chi connectivity index (χ0v) is 24.3. The number of rotatable bonds is 6. The molecule has 2 amide bonds. The summed E-state index contributed by atoms with van der Waals surface area (Å²) >= 11 is 0. The molecule has 0 radical (unpaired) electrons. The number of para-hydroxylation sites is 3. The Hall–Kier alpha value is -5.83. The second-order valence-electron chi connectivity index (χ2n) is 10.8. The van der Waals surface area contributed by atoms with E-state index in [1.807, 2.05) is 122 Å². The summed E-state index contributed by atoms with van der Waals surface area (Å²) in [4.78, 5) is 39.7. The standard InChI is InChI=1S/C35H29N7O2/c1-23(2)41(26-14-7-4-8-15-26)31(43)22-40-29-17-9-10-18-30(29)42-33(24-12-5-3-6-13-24)38-39-34(42)28(35(40)44)20-25-21-37-32-27(25)16-11-19-36-32/h3-21,23H,22H2,1-2H3,(H,36,37). The number of nitrogens with one attached hydrogen (secondary N) is 1. The first-order valence-corrected chi connectivity index (χ1v) is 14.4. The van der Waals surface area contributed by atoms with Gasteiger partial charge in [0, 0.05) is 40.6 Å². The summed E-state index contributed by atoms with van der Waals surface area (Å²) in [6.07, 6.45) is 5.34. The number of aromatic amines is 1. The Morgan fingerprint density at radius 2 is 1.55 bits per heavy atom. The Balaban J connectivity index is 1.43. The Bertz CT molecular complexity index is 2030. The number of nitrogens with zero attached hydrogens (tertiary/aromatic N) is 6. The molecule has 1 aliphatic heterocycles. The average molecular weight is 580 g/mol. The molecule has 3 aromatic carbocycles. The summed E-state index contributed by atoms with van der Waals surface area (Å²) in [6.45, 7) is 3.76. The van der Waals surface area contributed by atoms with E-state index in [0.717, 1.165) is 22.2 Å². The van der Waals surface area contributed by atoms with E-state index in [9.17, 15) is 9.59 Å². The van der Waals surface area contributed by atoms with Gasteiger partial charge in [-0.05, 0) is 56.3 Å². The number of benzene rings is 3. The van der Waals surface area contributed by atoms with Gasteiger partial charge in [-0.2, -0.15) is 0 Å². The minimum Gasteiger partial charge on any atom is -0.346 e. The van der Waals surface area contributed by atoms with Crippen LogP contribution in [-0.2, 0) is 9.59 Å². The molecule has 0 fully saturated rings. The lowest BCUT2D eigenvalue weighted by Gasteiger charge is -2.30. The van der Waals surface area contributed by atoms with Crippen LogP contribution in [0, 0.1) is 0 Å². The summed E-state index contributed by atoms with van der Waals surface area (Å²) in [7, 11) is 0. The van der Waals surface area contributed by atoms with Crippen LogP contribution in [0.4, 0.5) is 11.4 Å². The van der Waals surface area contributed by atoms with Crippen LogP contribution < -0.4 is 9.80 Å². The van der Waals surface area contributed by atoms with Crippen LogP contribution >= 0.6 is 0 Å². The number of aromatic nitrogens is 5. The third-order valence-electron chi connectivity index (χ3n) is 7.72. The predicted octanol–water partition coefficient (Wildman–Crippen LogP) is 6.14. The molecular formula is C35H29N7O2. The van der Waals surface area contributed by atoms with Crippen molar-refractivity contribution < 1.29 is 9.59 Å². The summed E-state index contributed by atoms with van der Waals surface area (Å²) in [6, 6.07) is 30.5. The molecule has 216 valence electrons. The van der Waals surface area contributed by atoms with Gasteiger partial charge in [0.05, 0.1) is 16.9 Å². The van der Waals surface area contributed by atoms with Gasteiger partial charge in [0.25, 0.3) is 5.91 Å². The summed E-state index contributed by atoms with van der Waals surface area (Å²) in [5, 5.41) is 10.0. The van der Waals surface area contributed by atoms with E-state index in [1.54, 1.807) is 22.1 Å². The summed E-state index contributed by atoms with van der Waals surface area (Å²) < 4.78 is 1.91. The molecule has 3 aromatic heterocycles. The SMILES string of the molecule is CC(C)N(C(=O)CN1C(=O)C(=Cc2c[nH]c3ncccc23)c2nnc(-c3ccccc3)n2-c2ccccc21)c1ccccc1. The molecule has 0 unspecified atom stereocenters. The molecule has 0 saturated heterocycles. The number of hydrogen-bond acceptors (Lipinski definition) is 5. The minimum absolute atomic E-state index is 0.125. The molecule has 44 heavy (non-hydrogen) atoms. The molecule has 1 aliphatic rings. The first-order valence-electron chi connectivity index (χ1n) is 14.4. The zero-order chi connectivity index (χ0) is 30.2. The largest absolute Gasteiger partial charge is 0.346 e. The van der Waals surface area contributed by atoms with Crippen LogP contribution in [0.2, 0.25) is 0 Å². The second kappa shape index (κ2) is 11.1. The molecular weight excluding hydrogens is 550 g/mol. The summed E-state index contributed by atoms with van der Waals surface area (Å²) in [5.41, 5.74) is 4.70. The van der Waals surface area contributed by atoms with Gasteiger partial charge >= 0.3 is 0 Å². The van der Waals surface area contributed by atoms with E-state index < -0.39 is 0 Å². The number of amides is 2. The van der Waals surface area contributed by atoms with E-state index in [0.29, 0.717) is 34.2 Å². The fourth-order valence-electron chi connectivity index (χ4n) is 5.76. The van der Waals surface area contributed by atoms with Gasteiger partial charge in [0.2, 0.25) is 5.91 Å². The molecule has 9 nitrogen and oxygen atoms in total. The van der Waals surface area contributed by atoms with Crippen molar-refractivity contribution in [2.24, 2.45) is 0 Å². The highest BCUT2D eigenvalue weighted by Crippen LogP contribution is 2.38. The molecule has 6 aromatic rings. The first-order chi connectivity index (χ1) is 21.5. The van der Waals surface area contributed by atoms with Crippen molar-refractivity contribution in [1.82, 2.24) is 24.7 Å². The highest BCUT2D eigenvalue weighted by atomic mass is 16.2. The van der Waals surface area contributed by atoms with Gasteiger partial charge in [-0.25, -0.2) is 4.98 Å². The number of pyridine rings is 1. The van der Waals surface area contributed by atoms with Crippen molar-refractivity contribution in [1.29, 1.82) is 0 Å². The number of H-pyrrole nitrogens is 1. The maximum Gasteiger partial charge on any atom is 0.262 e. The molecule has 0 bridgehead atoms. The van der Waals surface area contributed by atoms with E-state index in [2.05, 4.69) is 20.2 Å². The highest BCUT2D eigenvalue weighted by Gasteiger charge is 2.35. The molecule has 4 heterocycles. The van der Waals surface area contributed by atoms with Crippen LogP contribution in [0.1, 0.15) is 25.2 Å². The lowest BCUT2D eigenvalue weighted by Crippen LogP contribution is -2.46. The molecule has 0 atom stereocenters. The van der Waals surface area contributed by atoms with Gasteiger partial charge in [-0.1, -0.05) is 60.7 Å². The van der Waals surface area contributed by atoms with Gasteiger partial charge < -0.3 is 9.88 Å². The molecule has 0 saturated carbocycles. The van der Waals surface area contributed by atoms with Crippen LogP contribution in [0.3, 0.4) is 0 Å². The Labute approximate surface area is 254 Å². The van der Waals surface area contributed by atoms with Crippen LogP contribution in [0.25, 0.3) is 39.8 Å². The van der Waals surface area contributed by atoms with Gasteiger partial charge in [-0.15, -0.1) is 10.2 Å². The average Bonchev–Trinajstić information content (AvgIpc) is 3.65. The van der Waals surface area contributed by atoms with Gasteiger partial charge in [0.15, 0.2) is 11.6 Å². The van der Waals surface area contributed by atoms with Gasteiger partial charge in [-0.3, -0.25) is 19.1 Å². The van der Waals surface area contributed by atoms with E-state index in [-0.39, 0.29) is 24.4 Å². The van der Waals surface area contributed by atoms with Crippen LogP contribution in [-0.4, -0.2) is 49.1 Å². The molecule has 9 heteroatoms. The topological polar surface area (TPSA) is 100 Å². The molecule has 0 aliphatic carbocycles. The van der Waals surface area contributed by atoms with Crippen molar-refractivity contribution in [2.45, 2.75) is 19.9 Å². The maximum absolute atomic E-state index is 14.7. The van der Waals surface area contributed by atoms with Crippen molar-refractivity contribution in [3.8, 4) is 17.1 Å².